The second kappa shape index (κ2) is 7.49. The Bertz CT molecular complexity index is 561. The molecule has 2 amide bonds. The molecule has 0 saturated carbocycles. The topological polar surface area (TPSA) is 116 Å². The predicted molar refractivity (Wildman–Crippen MR) is 76.6 cm³/mol. The number of aliphatic carboxylic acids is 2. The van der Waals surface area contributed by atoms with E-state index in [1.165, 1.54) is 6.07 Å². The zero-order chi connectivity index (χ0) is 16.0. The highest BCUT2D eigenvalue weighted by atomic mass is 35.5. The van der Waals surface area contributed by atoms with E-state index in [1.807, 2.05) is 0 Å². The van der Waals surface area contributed by atoms with Gasteiger partial charge in [-0.3, -0.25) is 4.79 Å². The number of rotatable bonds is 6. The highest BCUT2D eigenvalue weighted by Gasteiger charge is 2.21. The fraction of sp³-hybridized carbons (Fsp3) is 0.308. The van der Waals surface area contributed by atoms with Gasteiger partial charge in [0.15, 0.2) is 0 Å². The average Bonchev–Trinajstić information content (AvgIpc) is 2.38. The number of hydrogen-bond donors (Lipinski definition) is 4. The van der Waals surface area contributed by atoms with E-state index < -0.39 is 24.0 Å². The third-order valence-corrected chi connectivity index (χ3v) is 2.93. The van der Waals surface area contributed by atoms with Crippen LogP contribution in [0.15, 0.2) is 18.2 Å². The van der Waals surface area contributed by atoms with E-state index in [0.29, 0.717) is 10.7 Å². The molecule has 114 valence electrons. The number of urea groups is 1. The van der Waals surface area contributed by atoms with Crippen molar-refractivity contribution in [1.82, 2.24) is 5.32 Å². The molecule has 1 unspecified atom stereocenters. The SMILES string of the molecule is Cc1ccc(Cl)cc1NC(=O)NC(CCC(=O)O)C(=O)O. The highest BCUT2D eigenvalue weighted by Crippen LogP contribution is 2.20. The number of hydrogen-bond acceptors (Lipinski definition) is 3. The molecule has 1 aromatic carbocycles. The summed E-state index contributed by atoms with van der Waals surface area (Å²) >= 11 is 5.81. The molecular formula is C13H15ClN2O5. The lowest BCUT2D eigenvalue weighted by molar-refractivity contribution is -0.140. The van der Waals surface area contributed by atoms with Crippen LogP contribution >= 0.6 is 11.6 Å². The van der Waals surface area contributed by atoms with Gasteiger partial charge < -0.3 is 20.8 Å². The summed E-state index contributed by atoms with van der Waals surface area (Å²) in [6.45, 7) is 1.76. The molecule has 1 rings (SSSR count). The van der Waals surface area contributed by atoms with Crippen LogP contribution in [0.1, 0.15) is 18.4 Å². The van der Waals surface area contributed by atoms with Crippen LogP contribution in [0, 0.1) is 6.92 Å². The van der Waals surface area contributed by atoms with Crippen LogP contribution in [0.25, 0.3) is 0 Å². The monoisotopic (exact) mass is 314 g/mol. The first kappa shape index (κ1) is 16.8. The van der Waals surface area contributed by atoms with Gasteiger partial charge in [0.1, 0.15) is 6.04 Å². The summed E-state index contributed by atoms with van der Waals surface area (Å²) in [7, 11) is 0. The number of anilines is 1. The molecule has 0 radical (unpaired) electrons. The van der Waals surface area contributed by atoms with Gasteiger partial charge in [-0.15, -0.1) is 0 Å². The molecular weight excluding hydrogens is 300 g/mol. The Morgan fingerprint density at radius 1 is 1.29 bits per heavy atom. The van der Waals surface area contributed by atoms with Crippen LogP contribution in [0.4, 0.5) is 10.5 Å². The van der Waals surface area contributed by atoms with Gasteiger partial charge in [0.25, 0.3) is 0 Å². The number of carboxylic acid groups (broad SMARTS) is 2. The van der Waals surface area contributed by atoms with Crippen molar-refractivity contribution in [2.24, 2.45) is 0 Å². The van der Waals surface area contributed by atoms with Crippen LogP contribution in [-0.4, -0.2) is 34.2 Å². The maximum atomic E-state index is 11.8. The number of carboxylic acids is 2. The zero-order valence-corrected chi connectivity index (χ0v) is 12.0. The third-order valence-electron chi connectivity index (χ3n) is 2.70. The molecule has 4 N–H and O–H groups in total. The van der Waals surface area contributed by atoms with Gasteiger partial charge >= 0.3 is 18.0 Å². The molecule has 0 aliphatic rings. The quantitative estimate of drug-likeness (QED) is 0.641. The lowest BCUT2D eigenvalue weighted by Crippen LogP contribution is -2.43. The third kappa shape index (κ3) is 5.70. The molecule has 1 aromatic rings. The second-order valence-electron chi connectivity index (χ2n) is 4.38. The van der Waals surface area contributed by atoms with Gasteiger partial charge in [0.2, 0.25) is 0 Å². The minimum absolute atomic E-state index is 0.202. The van der Waals surface area contributed by atoms with E-state index in [-0.39, 0.29) is 12.8 Å². The van der Waals surface area contributed by atoms with Crippen molar-refractivity contribution in [2.75, 3.05) is 5.32 Å². The first-order valence-electron chi connectivity index (χ1n) is 6.08. The molecule has 0 bridgehead atoms. The Balaban J connectivity index is 2.67. The first-order valence-corrected chi connectivity index (χ1v) is 6.45. The molecule has 7 nitrogen and oxygen atoms in total. The van der Waals surface area contributed by atoms with E-state index >= 15 is 0 Å². The summed E-state index contributed by atoms with van der Waals surface area (Å²) in [5.41, 5.74) is 1.20. The largest absolute Gasteiger partial charge is 0.481 e. The first-order chi connectivity index (χ1) is 9.79. The van der Waals surface area contributed by atoms with Crippen LogP contribution in [0.5, 0.6) is 0 Å². The van der Waals surface area contributed by atoms with Crippen molar-refractivity contribution in [2.45, 2.75) is 25.8 Å². The van der Waals surface area contributed by atoms with Gasteiger partial charge in [-0.25, -0.2) is 9.59 Å². The van der Waals surface area contributed by atoms with Gasteiger partial charge in [-0.05, 0) is 31.0 Å². The molecule has 0 heterocycles. The number of aryl methyl sites for hydroxylation is 1. The van der Waals surface area contributed by atoms with Crippen LogP contribution in [-0.2, 0) is 9.59 Å². The standard InChI is InChI=1S/C13H15ClN2O5/c1-7-2-3-8(14)6-10(7)16-13(21)15-9(12(19)20)4-5-11(17)18/h2-3,6,9H,4-5H2,1H3,(H,17,18)(H,19,20)(H2,15,16,21). The van der Waals surface area contributed by atoms with Crippen molar-refractivity contribution >= 4 is 35.3 Å². The summed E-state index contributed by atoms with van der Waals surface area (Å²) in [4.78, 5) is 33.2. The maximum Gasteiger partial charge on any atom is 0.326 e. The molecule has 0 spiro atoms. The number of carbonyl (C=O) groups is 3. The lowest BCUT2D eigenvalue weighted by atomic mass is 10.1. The van der Waals surface area contributed by atoms with E-state index in [9.17, 15) is 14.4 Å². The van der Waals surface area contributed by atoms with E-state index in [2.05, 4.69) is 10.6 Å². The van der Waals surface area contributed by atoms with Crippen LogP contribution in [0.2, 0.25) is 5.02 Å². The van der Waals surface area contributed by atoms with Gasteiger partial charge in [0, 0.05) is 17.1 Å². The molecule has 0 saturated heterocycles. The Morgan fingerprint density at radius 3 is 2.52 bits per heavy atom. The molecule has 1 atom stereocenters. The predicted octanol–water partition coefficient (Wildman–Crippen LogP) is 2.09. The summed E-state index contributed by atoms with van der Waals surface area (Å²) in [5, 5.41) is 22.6. The fourth-order valence-corrected chi connectivity index (χ4v) is 1.74. The van der Waals surface area contributed by atoms with Crippen molar-refractivity contribution in [3.63, 3.8) is 0 Å². The van der Waals surface area contributed by atoms with Gasteiger partial charge in [-0.2, -0.15) is 0 Å². The Labute approximate surface area is 125 Å². The molecule has 0 aromatic heterocycles. The van der Waals surface area contributed by atoms with Crippen molar-refractivity contribution in [3.8, 4) is 0 Å². The van der Waals surface area contributed by atoms with Gasteiger partial charge in [-0.1, -0.05) is 17.7 Å². The number of amides is 2. The molecule has 0 aliphatic carbocycles. The molecule has 21 heavy (non-hydrogen) atoms. The second-order valence-corrected chi connectivity index (χ2v) is 4.82. The average molecular weight is 315 g/mol. The number of halogens is 1. The molecule has 8 heteroatoms. The summed E-state index contributed by atoms with van der Waals surface area (Å²) < 4.78 is 0. The Hall–Kier alpha value is -2.28. The zero-order valence-electron chi connectivity index (χ0n) is 11.2. The highest BCUT2D eigenvalue weighted by molar-refractivity contribution is 6.31. The van der Waals surface area contributed by atoms with Crippen LogP contribution < -0.4 is 10.6 Å². The lowest BCUT2D eigenvalue weighted by Gasteiger charge is -2.15. The number of carbonyl (C=O) groups excluding carboxylic acids is 1. The van der Waals surface area contributed by atoms with E-state index in [1.54, 1.807) is 19.1 Å². The van der Waals surface area contributed by atoms with Crippen molar-refractivity contribution in [3.05, 3.63) is 28.8 Å². The maximum absolute atomic E-state index is 11.8. The summed E-state index contributed by atoms with van der Waals surface area (Å²) in [6, 6.07) is 2.88. The molecule has 0 aliphatic heterocycles. The summed E-state index contributed by atoms with van der Waals surface area (Å²) in [5.74, 6) is -2.43. The Kier molecular flexibility index (Phi) is 5.98. The van der Waals surface area contributed by atoms with E-state index in [0.717, 1.165) is 5.56 Å². The Morgan fingerprint density at radius 2 is 1.95 bits per heavy atom. The minimum Gasteiger partial charge on any atom is -0.481 e. The van der Waals surface area contributed by atoms with Crippen molar-refractivity contribution in [1.29, 1.82) is 0 Å². The fourth-order valence-electron chi connectivity index (χ4n) is 1.57. The summed E-state index contributed by atoms with van der Waals surface area (Å²) in [6.07, 6.45) is -0.556. The molecule has 0 fully saturated rings. The number of nitrogens with one attached hydrogen (secondary N) is 2. The number of benzene rings is 1. The normalized spacial score (nSPS) is 11.5. The smallest absolute Gasteiger partial charge is 0.326 e. The van der Waals surface area contributed by atoms with Crippen LogP contribution in [0.3, 0.4) is 0 Å². The van der Waals surface area contributed by atoms with Crippen molar-refractivity contribution < 1.29 is 24.6 Å². The van der Waals surface area contributed by atoms with Gasteiger partial charge in [0.05, 0.1) is 0 Å². The minimum atomic E-state index is -1.30. The van der Waals surface area contributed by atoms with E-state index in [4.69, 9.17) is 21.8 Å².